The van der Waals surface area contributed by atoms with Crippen molar-refractivity contribution in [1.29, 1.82) is 0 Å². The first-order chi connectivity index (χ1) is 10.1. The topological polar surface area (TPSA) is 33.7 Å². The lowest BCUT2D eigenvalue weighted by atomic mass is 9.94. The molecule has 1 aromatic carbocycles. The third kappa shape index (κ3) is 4.78. The molecule has 1 aliphatic rings. The maximum atomic E-state index is 5.62. The van der Waals surface area contributed by atoms with Crippen LogP contribution in [-0.4, -0.2) is 57.0 Å². The Morgan fingerprint density at radius 2 is 1.95 bits per heavy atom. The molecule has 0 radical (unpaired) electrons. The largest absolute Gasteiger partial charge is 0.382 e. The van der Waals surface area contributed by atoms with Crippen LogP contribution in [0.1, 0.15) is 25.5 Å². The molecule has 21 heavy (non-hydrogen) atoms. The van der Waals surface area contributed by atoms with Gasteiger partial charge < -0.3 is 14.8 Å². The lowest BCUT2D eigenvalue weighted by Crippen LogP contribution is -2.59. The number of piperazine rings is 1. The number of rotatable bonds is 7. The van der Waals surface area contributed by atoms with Gasteiger partial charge in [-0.3, -0.25) is 4.90 Å². The Kier molecular flexibility index (Phi) is 6.18. The molecule has 4 nitrogen and oxygen atoms in total. The smallest absolute Gasteiger partial charge is 0.0700 e. The van der Waals surface area contributed by atoms with Gasteiger partial charge in [0.15, 0.2) is 0 Å². The molecule has 1 aliphatic heterocycles. The lowest BCUT2D eigenvalue weighted by Gasteiger charge is -2.46. The third-order valence-corrected chi connectivity index (χ3v) is 4.18. The molecule has 118 valence electrons. The van der Waals surface area contributed by atoms with Crippen molar-refractivity contribution in [3.05, 3.63) is 35.9 Å². The number of hydrogen-bond acceptors (Lipinski definition) is 4. The minimum absolute atomic E-state index is 0.163. The monoisotopic (exact) mass is 292 g/mol. The standard InChI is InChI=1S/C17H28N2O2/c1-17(2)14-18-16(15-7-5-4-6-8-15)13-19(17)9-10-21-12-11-20-3/h4-8,16,18H,9-14H2,1-3H3. The Labute approximate surface area is 128 Å². The van der Waals surface area contributed by atoms with E-state index in [4.69, 9.17) is 9.47 Å². The van der Waals surface area contributed by atoms with Gasteiger partial charge in [-0.1, -0.05) is 30.3 Å². The molecule has 0 aliphatic carbocycles. The fourth-order valence-electron chi connectivity index (χ4n) is 2.74. The molecule has 1 saturated heterocycles. The lowest BCUT2D eigenvalue weighted by molar-refractivity contribution is 0.0154. The average Bonchev–Trinajstić information content (AvgIpc) is 2.49. The molecule has 1 N–H and O–H groups in total. The van der Waals surface area contributed by atoms with Crippen LogP contribution in [-0.2, 0) is 9.47 Å². The minimum atomic E-state index is 0.163. The van der Waals surface area contributed by atoms with Crippen LogP contribution in [0.15, 0.2) is 30.3 Å². The van der Waals surface area contributed by atoms with Crippen molar-refractivity contribution < 1.29 is 9.47 Å². The van der Waals surface area contributed by atoms with E-state index >= 15 is 0 Å². The van der Waals surface area contributed by atoms with Crippen molar-refractivity contribution in [1.82, 2.24) is 10.2 Å². The van der Waals surface area contributed by atoms with Gasteiger partial charge in [-0.25, -0.2) is 0 Å². The number of nitrogens with zero attached hydrogens (tertiary/aromatic N) is 1. The number of benzene rings is 1. The van der Waals surface area contributed by atoms with Crippen molar-refractivity contribution in [2.24, 2.45) is 0 Å². The summed E-state index contributed by atoms with van der Waals surface area (Å²) in [5.41, 5.74) is 1.52. The van der Waals surface area contributed by atoms with E-state index < -0.39 is 0 Å². The molecule has 0 aromatic heterocycles. The van der Waals surface area contributed by atoms with Gasteiger partial charge in [0, 0.05) is 38.3 Å². The summed E-state index contributed by atoms with van der Waals surface area (Å²) in [7, 11) is 1.70. The quantitative estimate of drug-likeness (QED) is 0.780. The van der Waals surface area contributed by atoms with Crippen LogP contribution in [0.5, 0.6) is 0 Å². The van der Waals surface area contributed by atoms with E-state index in [0.717, 1.165) is 26.2 Å². The molecule has 1 fully saturated rings. The van der Waals surface area contributed by atoms with Crippen LogP contribution in [0.2, 0.25) is 0 Å². The van der Waals surface area contributed by atoms with Gasteiger partial charge >= 0.3 is 0 Å². The second-order valence-electron chi connectivity index (χ2n) is 6.21. The zero-order chi connectivity index (χ0) is 15.1. The zero-order valence-corrected chi connectivity index (χ0v) is 13.5. The molecule has 1 atom stereocenters. The predicted molar refractivity (Wildman–Crippen MR) is 85.5 cm³/mol. The van der Waals surface area contributed by atoms with Crippen molar-refractivity contribution in [2.75, 3.05) is 46.6 Å². The summed E-state index contributed by atoms with van der Waals surface area (Å²) in [5.74, 6) is 0. The first-order valence-electron chi connectivity index (χ1n) is 7.73. The average molecular weight is 292 g/mol. The van der Waals surface area contributed by atoms with E-state index in [9.17, 15) is 0 Å². The van der Waals surface area contributed by atoms with Gasteiger partial charge in [0.05, 0.1) is 19.8 Å². The molecular formula is C17H28N2O2. The molecule has 0 saturated carbocycles. The second-order valence-corrected chi connectivity index (χ2v) is 6.21. The van der Waals surface area contributed by atoms with E-state index in [1.165, 1.54) is 5.56 Å². The Bertz CT molecular complexity index is 409. The highest BCUT2D eigenvalue weighted by Gasteiger charge is 2.33. The maximum Gasteiger partial charge on any atom is 0.0700 e. The Hall–Kier alpha value is -0.940. The summed E-state index contributed by atoms with van der Waals surface area (Å²) in [6.45, 7) is 9.64. The molecule has 1 unspecified atom stereocenters. The number of ether oxygens (including phenoxy) is 2. The highest BCUT2D eigenvalue weighted by Crippen LogP contribution is 2.25. The highest BCUT2D eigenvalue weighted by atomic mass is 16.5. The summed E-state index contributed by atoms with van der Waals surface area (Å²) in [6, 6.07) is 11.1. The van der Waals surface area contributed by atoms with Crippen LogP contribution in [0.25, 0.3) is 0 Å². The molecule has 0 amide bonds. The molecular weight excluding hydrogens is 264 g/mol. The Balaban J connectivity index is 1.87. The van der Waals surface area contributed by atoms with E-state index in [2.05, 4.69) is 54.4 Å². The first-order valence-corrected chi connectivity index (χ1v) is 7.73. The Morgan fingerprint density at radius 1 is 1.19 bits per heavy atom. The van der Waals surface area contributed by atoms with E-state index in [1.54, 1.807) is 7.11 Å². The number of hydrogen-bond donors (Lipinski definition) is 1. The van der Waals surface area contributed by atoms with Crippen LogP contribution in [0, 0.1) is 0 Å². The minimum Gasteiger partial charge on any atom is -0.382 e. The molecule has 4 heteroatoms. The van der Waals surface area contributed by atoms with Gasteiger partial charge in [-0.15, -0.1) is 0 Å². The van der Waals surface area contributed by atoms with Gasteiger partial charge in [-0.2, -0.15) is 0 Å². The van der Waals surface area contributed by atoms with Crippen molar-refractivity contribution in [2.45, 2.75) is 25.4 Å². The molecule has 2 rings (SSSR count). The second kappa shape index (κ2) is 7.90. The predicted octanol–water partition coefficient (Wildman–Crippen LogP) is 2.07. The molecule has 1 aromatic rings. The summed E-state index contributed by atoms with van der Waals surface area (Å²) in [6.07, 6.45) is 0. The van der Waals surface area contributed by atoms with E-state index in [1.807, 2.05) is 0 Å². The number of methoxy groups -OCH3 is 1. The Morgan fingerprint density at radius 3 is 2.67 bits per heavy atom. The zero-order valence-electron chi connectivity index (χ0n) is 13.5. The van der Waals surface area contributed by atoms with Gasteiger partial charge in [0.1, 0.15) is 0 Å². The normalized spacial score (nSPS) is 22.3. The molecule has 0 bridgehead atoms. The van der Waals surface area contributed by atoms with Crippen LogP contribution in [0.4, 0.5) is 0 Å². The van der Waals surface area contributed by atoms with Gasteiger partial charge in [-0.05, 0) is 19.4 Å². The fourth-order valence-corrected chi connectivity index (χ4v) is 2.74. The first kappa shape index (κ1) is 16.4. The SMILES string of the molecule is COCCOCCN1CC(c2ccccc2)NCC1(C)C. The summed E-state index contributed by atoms with van der Waals surface area (Å²) >= 11 is 0. The summed E-state index contributed by atoms with van der Waals surface area (Å²) in [4.78, 5) is 2.52. The van der Waals surface area contributed by atoms with E-state index in [0.29, 0.717) is 19.3 Å². The van der Waals surface area contributed by atoms with Crippen LogP contribution in [0.3, 0.4) is 0 Å². The fraction of sp³-hybridized carbons (Fsp3) is 0.647. The van der Waals surface area contributed by atoms with Crippen molar-refractivity contribution >= 4 is 0 Å². The van der Waals surface area contributed by atoms with Crippen LogP contribution < -0.4 is 5.32 Å². The summed E-state index contributed by atoms with van der Waals surface area (Å²) < 4.78 is 10.6. The summed E-state index contributed by atoms with van der Waals surface area (Å²) in [5, 5.41) is 3.66. The van der Waals surface area contributed by atoms with E-state index in [-0.39, 0.29) is 5.54 Å². The van der Waals surface area contributed by atoms with Crippen LogP contribution >= 0.6 is 0 Å². The maximum absolute atomic E-state index is 5.62. The number of nitrogens with one attached hydrogen (secondary N) is 1. The van der Waals surface area contributed by atoms with Crippen molar-refractivity contribution in [3.8, 4) is 0 Å². The highest BCUT2D eigenvalue weighted by molar-refractivity contribution is 5.20. The van der Waals surface area contributed by atoms with Crippen molar-refractivity contribution in [3.63, 3.8) is 0 Å². The van der Waals surface area contributed by atoms with Gasteiger partial charge in [0.25, 0.3) is 0 Å². The van der Waals surface area contributed by atoms with Gasteiger partial charge in [0.2, 0.25) is 0 Å². The third-order valence-electron chi connectivity index (χ3n) is 4.18. The molecule has 0 spiro atoms. The molecule has 1 heterocycles.